The summed E-state index contributed by atoms with van der Waals surface area (Å²) in [5.74, 6) is 0.624. The average molecular weight is 356 g/mol. The topological polar surface area (TPSA) is 55.6 Å². The van der Waals surface area contributed by atoms with Gasteiger partial charge < -0.3 is 10.5 Å². The maximum absolute atomic E-state index is 13.8. The summed E-state index contributed by atoms with van der Waals surface area (Å²) in [4.78, 5) is 13.2. The number of carbonyl (C=O) groups is 1. The van der Waals surface area contributed by atoms with Crippen LogP contribution in [0.5, 0.6) is 5.75 Å². The fraction of sp³-hybridized carbons (Fsp3) is 0.381. The Morgan fingerprint density at radius 2 is 1.92 bits per heavy atom. The standard InChI is InChI=1S/C21H25FN2O2/c22-20-7-2-1-5-18(20)12-16-8-10-24(11-9-16)14-17-4-3-6-19(13-17)26-15-21(23)25/h1-7,13,16H,8-12,14-15H2,(H2,23,25). The molecule has 0 aromatic heterocycles. The van der Waals surface area contributed by atoms with E-state index in [1.807, 2.05) is 30.3 Å². The number of carbonyl (C=O) groups excluding carboxylic acids is 1. The molecule has 0 atom stereocenters. The number of ether oxygens (including phenoxy) is 1. The van der Waals surface area contributed by atoms with Crippen molar-refractivity contribution in [3.05, 3.63) is 65.5 Å². The zero-order valence-corrected chi connectivity index (χ0v) is 14.9. The summed E-state index contributed by atoms with van der Waals surface area (Å²) in [5, 5.41) is 0. The molecule has 0 aliphatic carbocycles. The van der Waals surface area contributed by atoms with Crippen molar-refractivity contribution < 1.29 is 13.9 Å². The normalized spacial score (nSPS) is 15.7. The minimum absolute atomic E-state index is 0.0947. The van der Waals surface area contributed by atoms with Crippen LogP contribution >= 0.6 is 0 Å². The molecule has 1 aliphatic heterocycles. The Labute approximate surface area is 153 Å². The van der Waals surface area contributed by atoms with Gasteiger partial charge in [-0.1, -0.05) is 30.3 Å². The molecule has 3 rings (SSSR count). The molecule has 0 saturated carbocycles. The fourth-order valence-corrected chi connectivity index (χ4v) is 3.47. The van der Waals surface area contributed by atoms with Crippen LogP contribution in [0.4, 0.5) is 4.39 Å². The van der Waals surface area contributed by atoms with E-state index < -0.39 is 5.91 Å². The van der Waals surface area contributed by atoms with Crippen molar-refractivity contribution in [2.45, 2.75) is 25.8 Å². The predicted molar refractivity (Wildman–Crippen MR) is 99.2 cm³/mol. The van der Waals surface area contributed by atoms with E-state index in [0.29, 0.717) is 11.7 Å². The SMILES string of the molecule is NC(=O)COc1cccc(CN2CCC(Cc3ccccc3F)CC2)c1. The molecule has 26 heavy (non-hydrogen) atoms. The molecule has 138 valence electrons. The largest absolute Gasteiger partial charge is 0.484 e. The molecule has 1 heterocycles. The van der Waals surface area contributed by atoms with Gasteiger partial charge in [-0.3, -0.25) is 9.69 Å². The molecule has 0 bridgehead atoms. The van der Waals surface area contributed by atoms with Crippen LogP contribution in [0, 0.1) is 11.7 Å². The van der Waals surface area contributed by atoms with Gasteiger partial charge in [-0.2, -0.15) is 0 Å². The molecule has 2 aromatic rings. The number of nitrogens with zero attached hydrogens (tertiary/aromatic N) is 1. The zero-order valence-electron chi connectivity index (χ0n) is 14.9. The molecule has 1 aliphatic rings. The third-order valence-electron chi connectivity index (χ3n) is 4.86. The first-order chi connectivity index (χ1) is 12.6. The number of piperidine rings is 1. The van der Waals surface area contributed by atoms with Gasteiger partial charge in [0.05, 0.1) is 0 Å². The summed E-state index contributed by atoms with van der Waals surface area (Å²) in [7, 11) is 0. The van der Waals surface area contributed by atoms with Crippen molar-refractivity contribution in [2.75, 3.05) is 19.7 Å². The highest BCUT2D eigenvalue weighted by Crippen LogP contribution is 2.24. The first-order valence-corrected chi connectivity index (χ1v) is 9.06. The van der Waals surface area contributed by atoms with Gasteiger partial charge in [0.2, 0.25) is 0 Å². The smallest absolute Gasteiger partial charge is 0.255 e. The lowest BCUT2D eigenvalue weighted by Crippen LogP contribution is -2.34. The van der Waals surface area contributed by atoms with Gasteiger partial charge in [-0.05, 0) is 67.6 Å². The van der Waals surface area contributed by atoms with Gasteiger partial charge >= 0.3 is 0 Å². The van der Waals surface area contributed by atoms with E-state index in [2.05, 4.69) is 11.0 Å². The number of halogens is 1. The molecule has 4 nitrogen and oxygen atoms in total. The number of likely N-dealkylation sites (tertiary alicyclic amines) is 1. The molecule has 1 amide bonds. The molecule has 0 spiro atoms. The van der Waals surface area contributed by atoms with E-state index in [1.54, 1.807) is 6.07 Å². The summed E-state index contributed by atoms with van der Waals surface area (Å²) in [6.07, 6.45) is 2.97. The van der Waals surface area contributed by atoms with E-state index in [1.165, 1.54) is 6.07 Å². The van der Waals surface area contributed by atoms with E-state index >= 15 is 0 Å². The maximum atomic E-state index is 13.8. The second-order valence-corrected chi connectivity index (χ2v) is 6.92. The molecule has 1 fully saturated rings. The van der Waals surface area contributed by atoms with Gasteiger partial charge in [-0.25, -0.2) is 4.39 Å². The lowest BCUT2D eigenvalue weighted by molar-refractivity contribution is -0.119. The van der Waals surface area contributed by atoms with Crippen molar-refractivity contribution >= 4 is 5.91 Å². The van der Waals surface area contributed by atoms with Gasteiger partial charge in [0, 0.05) is 6.54 Å². The monoisotopic (exact) mass is 356 g/mol. The van der Waals surface area contributed by atoms with E-state index in [9.17, 15) is 9.18 Å². The summed E-state index contributed by atoms with van der Waals surface area (Å²) in [6, 6.07) is 14.8. The molecule has 5 heteroatoms. The van der Waals surface area contributed by atoms with Gasteiger partial charge in [-0.15, -0.1) is 0 Å². The maximum Gasteiger partial charge on any atom is 0.255 e. The number of amides is 1. The lowest BCUT2D eigenvalue weighted by Gasteiger charge is -2.32. The third kappa shape index (κ3) is 5.30. The van der Waals surface area contributed by atoms with Crippen LogP contribution in [0.3, 0.4) is 0 Å². The van der Waals surface area contributed by atoms with Crippen LogP contribution in [0.1, 0.15) is 24.0 Å². The Kier molecular flexibility index (Phi) is 6.23. The van der Waals surface area contributed by atoms with Crippen molar-refractivity contribution in [1.82, 2.24) is 4.90 Å². The minimum Gasteiger partial charge on any atom is -0.484 e. The molecule has 2 aromatic carbocycles. The highest BCUT2D eigenvalue weighted by atomic mass is 19.1. The highest BCUT2D eigenvalue weighted by Gasteiger charge is 2.20. The number of hydrogen-bond donors (Lipinski definition) is 1. The van der Waals surface area contributed by atoms with Gasteiger partial charge in [0.1, 0.15) is 11.6 Å². The molecule has 2 N–H and O–H groups in total. The second-order valence-electron chi connectivity index (χ2n) is 6.92. The number of nitrogens with two attached hydrogens (primary N) is 1. The highest BCUT2D eigenvalue weighted by molar-refractivity contribution is 5.75. The van der Waals surface area contributed by atoms with Crippen molar-refractivity contribution in [1.29, 1.82) is 0 Å². The van der Waals surface area contributed by atoms with Crippen molar-refractivity contribution in [2.24, 2.45) is 11.7 Å². The Bertz CT molecular complexity index is 742. The van der Waals surface area contributed by atoms with Gasteiger partial charge in [0.25, 0.3) is 5.91 Å². The van der Waals surface area contributed by atoms with E-state index in [-0.39, 0.29) is 12.4 Å². The Morgan fingerprint density at radius 3 is 2.65 bits per heavy atom. The van der Waals surface area contributed by atoms with Crippen LogP contribution in [0.2, 0.25) is 0 Å². The second kappa shape index (κ2) is 8.81. The van der Waals surface area contributed by atoms with Crippen LogP contribution in [0.15, 0.2) is 48.5 Å². The lowest BCUT2D eigenvalue weighted by atomic mass is 9.90. The van der Waals surface area contributed by atoms with Crippen molar-refractivity contribution in [3.8, 4) is 5.75 Å². The van der Waals surface area contributed by atoms with Gasteiger partial charge in [0.15, 0.2) is 6.61 Å². The first-order valence-electron chi connectivity index (χ1n) is 9.06. The Balaban J connectivity index is 1.49. The molecular weight excluding hydrogens is 331 g/mol. The van der Waals surface area contributed by atoms with Crippen LogP contribution in [-0.2, 0) is 17.8 Å². The van der Waals surface area contributed by atoms with Crippen molar-refractivity contribution in [3.63, 3.8) is 0 Å². The molecular formula is C21H25FN2O2. The zero-order chi connectivity index (χ0) is 18.4. The van der Waals surface area contributed by atoms with E-state index in [4.69, 9.17) is 10.5 Å². The number of benzene rings is 2. The molecule has 0 unspecified atom stereocenters. The first kappa shape index (κ1) is 18.4. The van der Waals surface area contributed by atoms with Crippen LogP contribution in [0.25, 0.3) is 0 Å². The summed E-state index contributed by atoms with van der Waals surface area (Å²) in [6.45, 7) is 2.75. The summed E-state index contributed by atoms with van der Waals surface area (Å²) >= 11 is 0. The Morgan fingerprint density at radius 1 is 1.15 bits per heavy atom. The molecule has 1 saturated heterocycles. The number of primary amides is 1. The quantitative estimate of drug-likeness (QED) is 0.829. The Hall–Kier alpha value is -2.40. The summed E-state index contributed by atoms with van der Waals surface area (Å²) < 4.78 is 19.2. The number of rotatable bonds is 7. The number of hydrogen-bond acceptors (Lipinski definition) is 3. The third-order valence-corrected chi connectivity index (χ3v) is 4.86. The van der Waals surface area contributed by atoms with Crippen LogP contribution in [-0.4, -0.2) is 30.5 Å². The minimum atomic E-state index is -0.479. The fourth-order valence-electron chi connectivity index (χ4n) is 3.47. The van der Waals surface area contributed by atoms with E-state index in [0.717, 1.165) is 50.0 Å². The predicted octanol–water partition coefficient (Wildman–Crippen LogP) is 3.14. The van der Waals surface area contributed by atoms with Crippen LogP contribution < -0.4 is 10.5 Å². The summed E-state index contributed by atoms with van der Waals surface area (Å²) in [5.41, 5.74) is 7.09. The molecule has 0 radical (unpaired) electrons. The average Bonchev–Trinajstić information content (AvgIpc) is 2.64.